The van der Waals surface area contributed by atoms with Crippen LogP contribution in [0.25, 0.3) is 0 Å². The largest absolute Gasteiger partial charge is 0.338 e. The highest BCUT2D eigenvalue weighted by molar-refractivity contribution is 7.83. The van der Waals surface area contributed by atoms with Crippen LogP contribution in [0.1, 0.15) is 13.8 Å². The number of anilines is 3. The summed E-state index contributed by atoms with van der Waals surface area (Å²) in [5, 5.41) is 3.41. The summed E-state index contributed by atoms with van der Waals surface area (Å²) in [5.41, 5.74) is 3.00. The molecule has 1 aromatic carbocycles. The van der Waals surface area contributed by atoms with Crippen molar-refractivity contribution in [3.05, 3.63) is 35.5 Å². The van der Waals surface area contributed by atoms with Crippen LogP contribution >= 0.6 is 11.6 Å². The molecule has 1 atom stereocenters. The van der Waals surface area contributed by atoms with E-state index in [2.05, 4.69) is 39.3 Å². The molecule has 9 heteroatoms. The Morgan fingerprint density at radius 2 is 2.09 bits per heavy atom. The number of rotatable bonds is 7. The van der Waals surface area contributed by atoms with Crippen LogP contribution in [-0.4, -0.2) is 20.7 Å². The number of aromatic nitrogens is 2. The molecular weight excluding hydrogens is 336 g/mol. The first-order valence-corrected chi connectivity index (χ1v) is 8.54. The highest BCUT2D eigenvalue weighted by Gasteiger charge is 2.12. The molecule has 0 bridgehead atoms. The van der Waals surface area contributed by atoms with E-state index in [1.807, 2.05) is 12.1 Å². The van der Waals surface area contributed by atoms with Crippen molar-refractivity contribution in [2.45, 2.75) is 18.7 Å². The number of nitrogens with one attached hydrogen (secondary N) is 3. The van der Waals surface area contributed by atoms with Crippen LogP contribution in [-0.2, 0) is 11.0 Å². The highest BCUT2D eigenvalue weighted by atomic mass is 35.5. The molecule has 0 radical (unpaired) electrons. The molecule has 7 nitrogen and oxygen atoms in total. The van der Waals surface area contributed by atoms with Gasteiger partial charge in [-0.15, -0.1) is 0 Å². The fraction of sp³-hybridized carbons (Fsp3) is 0.286. The first-order chi connectivity index (χ1) is 11.0. The summed E-state index contributed by atoms with van der Waals surface area (Å²) in [6, 6.07) is 7.24. The fourth-order valence-corrected chi connectivity index (χ4v) is 3.00. The zero-order valence-corrected chi connectivity index (χ0v) is 14.4. The van der Waals surface area contributed by atoms with Crippen LogP contribution < -0.4 is 21.3 Å². The fourth-order valence-electron chi connectivity index (χ4n) is 1.70. The average Bonchev–Trinajstić information content (AvgIpc) is 2.55. The zero-order chi connectivity index (χ0) is 16.8. The lowest BCUT2D eigenvalue weighted by Gasteiger charge is -2.13. The predicted molar refractivity (Wildman–Crippen MR) is 93.8 cm³/mol. The first kappa shape index (κ1) is 17.6. The Balaban J connectivity index is 2.25. The summed E-state index contributed by atoms with van der Waals surface area (Å²) >= 11 is 6.09. The van der Waals surface area contributed by atoms with E-state index < -0.39 is 11.0 Å². The molecule has 0 saturated carbocycles. The summed E-state index contributed by atoms with van der Waals surface area (Å²) in [6.07, 6.45) is 1.43. The Morgan fingerprint density at radius 3 is 2.78 bits per heavy atom. The molecule has 2 aromatic rings. The number of hydrazine groups is 1. The summed E-state index contributed by atoms with van der Waals surface area (Å²) in [6.45, 7) is 4.75. The number of hydrogen-bond donors (Lipinski definition) is 4. The van der Waals surface area contributed by atoms with Crippen molar-refractivity contribution in [1.82, 2.24) is 14.7 Å². The van der Waals surface area contributed by atoms with E-state index in [0.29, 0.717) is 33.9 Å². The van der Waals surface area contributed by atoms with Crippen LogP contribution in [0.3, 0.4) is 0 Å². The maximum absolute atomic E-state index is 12.4. The van der Waals surface area contributed by atoms with Crippen molar-refractivity contribution in [2.24, 2.45) is 11.8 Å². The molecule has 1 aromatic heterocycles. The third-order valence-corrected chi connectivity index (χ3v) is 4.30. The van der Waals surface area contributed by atoms with Crippen LogP contribution in [0.5, 0.6) is 0 Å². The molecule has 5 N–H and O–H groups in total. The van der Waals surface area contributed by atoms with Crippen molar-refractivity contribution < 1.29 is 4.21 Å². The monoisotopic (exact) mass is 354 g/mol. The van der Waals surface area contributed by atoms with Crippen molar-refractivity contribution in [2.75, 3.05) is 17.3 Å². The standard InChI is InChI=1S/C14H19ClN6OS/c1-9(2)7-18-23(22)12-6-4-3-5-11(12)19-13-10(15)8-17-14(20-13)21-16/h3-6,8-9,18H,7,16H2,1-2H3,(H2,17,19,20,21). The smallest absolute Gasteiger partial charge is 0.239 e. The normalized spacial score (nSPS) is 12.2. The van der Waals surface area contributed by atoms with Gasteiger partial charge in [0.25, 0.3) is 0 Å². The van der Waals surface area contributed by atoms with Crippen LogP contribution in [0.4, 0.5) is 17.5 Å². The van der Waals surface area contributed by atoms with E-state index in [0.717, 1.165) is 0 Å². The Morgan fingerprint density at radius 1 is 1.35 bits per heavy atom. The molecule has 1 heterocycles. The van der Waals surface area contributed by atoms with Gasteiger partial charge in [0.2, 0.25) is 5.95 Å². The molecule has 0 fully saturated rings. The van der Waals surface area contributed by atoms with Crippen LogP contribution in [0.15, 0.2) is 35.4 Å². The SMILES string of the molecule is CC(C)CNS(=O)c1ccccc1Nc1nc(NN)ncc1Cl. The van der Waals surface area contributed by atoms with Crippen molar-refractivity contribution >= 4 is 40.0 Å². The van der Waals surface area contributed by atoms with Gasteiger partial charge in [-0.3, -0.25) is 5.43 Å². The van der Waals surface area contributed by atoms with Gasteiger partial charge in [-0.1, -0.05) is 37.6 Å². The van der Waals surface area contributed by atoms with Gasteiger partial charge in [-0.25, -0.2) is 19.8 Å². The van der Waals surface area contributed by atoms with Crippen molar-refractivity contribution in [3.63, 3.8) is 0 Å². The highest BCUT2D eigenvalue weighted by Crippen LogP contribution is 2.27. The molecule has 23 heavy (non-hydrogen) atoms. The van der Waals surface area contributed by atoms with Gasteiger partial charge < -0.3 is 5.32 Å². The second-order valence-electron chi connectivity index (χ2n) is 5.17. The number of benzene rings is 1. The average molecular weight is 355 g/mol. The molecule has 0 aliphatic rings. The van der Waals surface area contributed by atoms with E-state index in [9.17, 15) is 4.21 Å². The van der Waals surface area contributed by atoms with Crippen molar-refractivity contribution in [1.29, 1.82) is 0 Å². The Labute approximate surface area is 142 Å². The minimum atomic E-state index is -1.34. The molecular formula is C14H19ClN6OS. The molecule has 0 aliphatic heterocycles. The quantitative estimate of drug-likeness (QED) is 0.449. The predicted octanol–water partition coefficient (Wildman–Crippen LogP) is 2.43. The summed E-state index contributed by atoms with van der Waals surface area (Å²) in [7, 11) is -1.34. The number of hydrogen-bond acceptors (Lipinski definition) is 6. The van der Waals surface area contributed by atoms with Gasteiger partial charge in [-0.05, 0) is 18.1 Å². The van der Waals surface area contributed by atoms with Gasteiger partial charge >= 0.3 is 0 Å². The Kier molecular flexibility index (Phi) is 6.28. The van der Waals surface area contributed by atoms with Gasteiger partial charge in [-0.2, -0.15) is 4.98 Å². The summed E-state index contributed by atoms with van der Waals surface area (Å²) in [5.74, 6) is 6.31. The van der Waals surface area contributed by atoms with E-state index in [1.165, 1.54) is 6.20 Å². The second-order valence-corrected chi connectivity index (χ2v) is 6.84. The molecule has 0 saturated heterocycles. The molecule has 124 valence electrons. The maximum Gasteiger partial charge on any atom is 0.239 e. The lowest BCUT2D eigenvalue weighted by molar-refractivity contribution is 0.616. The molecule has 0 spiro atoms. The van der Waals surface area contributed by atoms with E-state index >= 15 is 0 Å². The van der Waals surface area contributed by atoms with E-state index in [4.69, 9.17) is 17.4 Å². The first-order valence-electron chi connectivity index (χ1n) is 7.01. The Bertz CT molecular complexity index is 697. The second kappa shape index (κ2) is 8.21. The molecule has 0 amide bonds. The lowest BCUT2D eigenvalue weighted by Crippen LogP contribution is -2.22. The minimum absolute atomic E-state index is 0.230. The number of nitrogens with two attached hydrogens (primary N) is 1. The Hall–Kier alpha value is -1.74. The molecule has 1 unspecified atom stereocenters. The van der Waals surface area contributed by atoms with Crippen LogP contribution in [0, 0.1) is 5.92 Å². The minimum Gasteiger partial charge on any atom is -0.338 e. The van der Waals surface area contributed by atoms with E-state index in [-0.39, 0.29) is 5.95 Å². The molecule has 0 aliphatic carbocycles. The van der Waals surface area contributed by atoms with Gasteiger partial charge in [0.05, 0.1) is 16.8 Å². The third kappa shape index (κ3) is 4.87. The number of nitrogens with zero attached hydrogens (tertiary/aromatic N) is 2. The number of nitrogen functional groups attached to an aromatic ring is 1. The van der Waals surface area contributed by atoms with Gasteiger partial charge in [0, 0.05) is 6.54 Å². The number of para-hydroxylation sites is 1. The topological polar surface area (TPSA) is 105 Å². The lowest BCUT2D eigenvalue weighted by atomic mass is 10.2. The molecule has 2 rings (SSSR count). The van der Waals surface area contributed by atoms with Gasteiger partial charge in [0.1, 0.15) is 16.0 Å². The summed E-state index contributed by atoms with van der Waals surface area (Å²) in [4.78, 5) is 8.68. The zero-order valence-electron chi connectivity index (χ0n) is 12.8. The maximum atomic E-state index is 12.4. The summed E-state index contributed by atoms with van der Waals surface area (Å²) < 4.78 is 15.4. The van der Waals surface area contributed by atoms with Crippen LogP contribution in [0.2, 0.25) is 5.02 Å². The van der Waals surface area contributed by atoms with Crippen molar-refractivity contribution in [3.8, 4) is 0 Å². The van der Waals surface area contributed by atoms with E-state index in [1.54, 1.807) is 12.1 Å². The third-order valence-electron chi connectivity index (χ3n) is 2.84. The number of halogens is 1. The van der Waals surface area contributed by atoms with Gasteiger partial charge in [0.15, 0.2) is 5.82 Å².